The number of hydrogen-bond acceptors (Lipinski definition) is 33. The Bertz CT molecular complexity index is 2400. The third-order valence-corrected chi connectivity index (χ3v) is 21.3. The predicted octanol–water partition coefficient (Wildman–Crippen LogP) is -9.47. The highest BCUT2D eigenvalue weighted by molar-refractivity contribution is 5.77. The molecule has 10 aliphatic rings. The average molecular weight is 1290 g/mol. The lowest BCUT2D eigenvalue weighted by molar-refractivity contribution is -0.401. The van der Waals surface area contributed by atoms with Crippen molar-refractivity contribution < 1.29 is 164 Å². The maximum atomic E-state index is 15.0. The number of hydrogen-bond donors (Lipinski definition) is 20. The summed E-state index contributed by atoms with van der Waals surface area (Å²) in [6, 6.07) is 0. The first kappa shape index (κ1) is 69.8. The van der Waals surface area contributed by atoms with Gasteiger partial charge in [-0.2, -0.15) is 0 Å². The fraction of sp³-hybridized carbons (Fsp3) is 0.946. The number of carbonyl (C=O) groups excluding carboxylic acids is 1. The van der Waals surface area contributed by atoms with Gasteiger partial charge in [0.2, 0.25) is 6.29 Å². The molecular weight excluding hydrogens is 1200 g/mol. The van der Waals surface area contributed by atoms with Crippen LogP contribution in [0, 0.1) is 28.1 Å². The van der Waals surface area contributed by atoms with Gasteiger partial charge in [-0.3, -0.25) is 4.79 Å². The molecule has 0 amide bonds. The first-order valence-electron chi connectivity index (χ1n) is 30.4. The van der Waals surface area contributed by atoms with Crippen LogP contribution in [0.25, 0.3) is 0 Å². The van der Waals surface area contributed by atoms with Crippen LogP contribution >= 0.6 is 0 Å². The Hall–Kier alpha value is -2.03. The highest BCUT2D eigenvalue weighted by Crippen LogP contribution is 2.74. The predicted molar refractivity (Wildman–Crippen MR) is 284 cm³/mol. The lowest BCUT2D eigenvalue weighted by atomic mass is 9.41. The van der Waals surface area contributed by atoms with E-state index in [1.807, 2.05) is 0 Å². The molecule has 33 heteroatoms. The summed E-state index contributed by atoms with van der Waals surface area (Å²) in [4.78, 5) is 15.0. The van der Waals surface area contributed by atoms with Crippen molar-refractivity contribution >= 4 is 5.97 Å². The van der Waals surface area contributed by atoms with Crippen LogP contribution in [0.4, 0.5) is 0 Å². The van der Waals surface area contributed by atoms with E-state index in [0.29, 0.717) is 50.5 Å². The van der Waals surface area contributed by atoms with Crippen molar-refractivity contribution in [1.82, 2.24) is 0 Å². The summed E-state index contributed by atoms with van der Waals surface area (Å²) in [5.74, 6) is -1.26. The molecule has 20 N–H and O–H groups in total. The van der Waals surface area contributed by atoms with Gasteiger partial charge >= 0.3 is 5.97 Å². The van der Waals surface area contributed by atoms with Gasteiger partial charge in [0.15, 0.2) is 37.6 Å². The second kappa shape index (κ2) is 27.2. The number of esters is 1. The Morgan fingerprint density at radius 3 is 1.39 bits per heavy atom. The third-order valence-electron chi connectivity index (χ3n) is 21.3. The first-order valence-corrected chi connectivity index (χ1v) is 30.4. The van der Waals surface area contributed by atoms with E-state index in [-0.39, 0.29) is 24.7 Å². The molecule has 33 nitrogen and oxygen atoms in total. The normalized spacial score (nSPS) is 54.5. The standard InChI is InChI=1S/C56H90O33/c1-19-11-55-9-5-26-53(2,7-4-8-54(26,3)52(77)88-50-44(38(72)31(65)23(15-60)82-50)86-47-40(74)35(69)29(63)21(13-58)80-47)27(55)6-10-56(19,18-55)89-51-45(87-48-41(75)36(70)30(64)22(14-59)81-48)43(33(67)24(16-61)83-51)85-49-42(76)37(71)32(66)25(84-49)17-78-46-39(73)34(68)28(62)20(12-57)79-46/h20-51,57-76H,1,4-18H2,2-3H3/t20?,21?,22?,23?,24?,25?,26?,27-,28?,29?,30?,31?,32?,33?,34?,35?,36?,37?,38?,39?,40?,41?,42?,43?,44?,45?,46?,47?,48?,49?,50?,51?,53+,54+,55?,56?/m0/s1. The van der Waals surface area contributed by atoms with Crippen LogP contribution in [-0.4, -0.2) is 338 Å². The average Bonchev–Trinajstić information content (AvgIpc) is 1.62. The van der Waals surface area contributed by atoms with Gasteiger partial charge in [-0.25, -0.2) is 0 Å². The Balaban J connectivity index is 0.895. The summed E-state index contributed by atoms with van der Waals surface area (Å²) in [6.07, 6.45) is -51.0. The summed E-state index contributed by atoms with van der Waals surface area (Å²) < 4.78 is 72.0. The van der Waals surface area contributed by atoms with Crippen LogP contribution in [0.3, 0.4) is 0 Å². The van der Waals surface area contributed by atoms with E-state index in [0.717, 1.165) is 0 Å². The zero-order valence-corrected chi connectivity index (χ0v) is 49.0. The summed E-state index contributed by atoms with van der Waals surface area (Å²) in [7, 11) is 0. The molecule has 0 aromatic carbocycles. The Morgan fingerprint density at radius 2 is 0.865 bits per heavy atom. The second-order valence-electron chi connectivity index (χ2n) is 26.5. The van der Waals surface area contributed by atoms with Crippen molar-refractivity contribution in [3.8, 4) is 0 Å². The van der Waals surface area contributed by atoms with Crippen molar-refractivity contribution in [1.29, 1.82) is 0 Å². The fourth-order valence-electron chi connectivity index (χ4n) is 16.3. The van der Waals surface area contributed by atoms with Crippen molar-refractivity contribution in [2.24, 2.45) is 28.1 Å². The molecule has 0 aromatic rings. The van der Waals surface area contributed by atoms with Gasteiger partial charge in [-0.1, -0.05) is 19.9 Å². The number of aliphatic hydroxyl groups is 20. The molecule has 10 fully saturated rings. The SMILES string of the molecule is C=C1CC23CCC4[C@](C)(C(=O)OC5OC(CO)C(O)C(O)C5OC5OC(CO)C(O)C(O)C5O)CCC[C@@]4(C)[C@@H]2CCC1(OC1OC(CO)C(O)C(OC2OC(COC4OC(CO)C(O)C(O)C4O)C(O)C(O)C2O)C1OC1OC(CO)C(O)C(O)C1O)C3. The molecule has 6 saturated heterocycles. The quantitative estimate of drug-likeness (QED) is 0.0344. The molecule has 1 spiro atoms. The van der Waals surface area contributed by atoms with E-state index in [2.05, 4.69) is 13.5 Å². The van der Waals surface area contributed by atoms with E-state index in [4.69, 9.17) is 56.8 Å². The zero-order chi connectivity index (χ0) is 64.7. The smallest absolute Gasteiger partial charge is 0.314 e. The van der Waals surface area contributed by atoms with E-state index in [1.165, 1.54) is 0 Å². The van der Waals surface area contributed by atoms with E-state index in [1.54, 1.807) is 6.92 Å². The van der Waals surface area contributed by atoms with Gasteiger partial charge in [0, 0.05) is 0 Å². The Morgan fingerprint density at radius 1 is 0.449 bits per heavy atom. The van der Waals surface area contributed by atoms with Crippen LogP contribution < -0.4 is 0 Å². The number of ether oxygens (including phenoxy) is 12. The zero-order valence-electron chi connectivity index (χ0n) is 49.0. The summed E-state index contributed by atoms with van der Waals surface area (Å²) in [6.45, 7) is 3.37. The molecule has 33 unspecified atom stereocenters. The summed E-state index contributed by atoms with van der Waals surface area (Å²) >= 11 is 0. The lowest BCUT2D eigenvalue weighted by Gasteiger charge is -2.64. The van der Waals surface area contributed by atoms with E-state index in [9.17, 15) is 107 Å². The van der Waals surface area contributed by atoms with Crippen LogP contribution in [-0.2, 0) is 61.6 Å². The van der Waals surface area contributed by atoms with Crippen LogP contribution in [0.15, 0.2) is 12.2 Å². The lowest BCUT2D eigenvalue weighted by Crippen LogP contribution is -2.68. The molecule has 10 rings (SSSR count). The van der Waals surface area contributed by atoms with Crippen LogP contribution in [0.1, 0.15) is 71.6 Å². The highest BCUT2D eigenvalue weighted by atomic mass is 16.8. The molecule has 0 radical (unpaired) electrons. The fourth-order valence-corrected chi connectivity index (χ4v) is 16.3. The third kappa shape index (κ3) is 12.4. The number of rotatable bonds is 18. The molecule has 4 saturated carbocycles. The van der Waals surface area contributed by atoms with Crippen molar-refractivity contribution in [2.75, 3.05) is 39.6 Å². The van der Waals surface area contributed by atoms with Gasteiger partial charge in [0.05, 0.1) is 50.7 Å². The minimum absolute atomic E-state index is 0.123. The molecule has 6 heterocycles. The molecule has 36 atom stereocenters. The van der Waals surface area contributed by atoms with Crippen LogP contribution in [0.2, 0.25) is 0 Å². The highest BCUT2D eigenvalue weighted by Gasteiger charge is 2.70. The summed E-state index contributed by atoms with van der Waals surface area (Å²) in [5.41, 5.74) is -3.09. The number of carbonyl (C=O) groups is 1. The number of aliphatic hydroxyl groups excluding tert-OH is 20. The maximum Gasteiger partial charge on any atom is 0.314 e. The first-order chi connectivity index (χ1) is 42.1. The van der Waals surface area contributed by atoms with Gasteiger partial charge in [0.25, 0.3) is 0 Å². The minimum Gasteiger partial charge on any atom is -0.432 e. The van der Waals surface area contributed by atoms with E-state index >= 15 is 0 Å². The van der Waals surface area contributed by atoms with Gasteiger partial charge in [-0.05, 0) is 86.5 Å². The topological polar surface area (TPSA) is 532 Å². The maximum absolute atomic E-state index is 15.0. The minimum atomic E-state index is -2.14. The van der Waals surface area contributed by atoms with Crippen molar-refractivity contribution in [2.45, 2.75) is 261 Å². The molecule has 512 valence electrons. The van der Waals surface area contributed by atoms with Crippen LogP contribution in [0.5, 0.6) is 0 Å². The number of fused-ring (bicyclic) bond motifs is 3. The Labute approximate surface area is 509 Å². The van der Waals surface area contributed by atoms with Crippen molar-refractivity contribution in [3.05, 3.63) is 12.2 Å². The molecule has 4 aliphatic carbocycles. The Kier molecular flexibility index (Phi) is 21.4. The second-order valence-corrected chi connectivity index (χ2v) is 26.5. The molecule has 6 aliphatic heterocycles. The largest absolute Gasteiger partial charge is 0.432 e. The van der Waals surface area contributed by atoms with Crippen molar-refractivity contribution in [3.63, 3.8) is 0 Å². The summed E-state index contributed by atoms with van der Waals surface area (Å²) in [5, 5.41) is 214. The van der Waals surface area contributed by atoms with Gasteiger partial charge in [-0.15, -0.1) is 0 Å². The molecule has 0 aromatic heterocycles. The van der Waals surface area contributed by atoms with Gasteiger partial charge in [0.1, 0.15) is 140 Å². The monoisotopic (exact) mass is 1290 g/mol. The van der Waals surface area contributed by atoms with E-state index < -0.39 is 252 Å². The molecule has 89 heavy (non-hydrogen) atoms. The molecule has 2 bridgehead atoms. The molecular formula is C56H90O33. The van der Waals surface area contributed by atoms with Gasteiger partial charge < -0.3 is 159 Å².